The van der Waals surface area contributed by atoms with Crippen LogP contribution in [0.2, 0.25) is 0 Å². The number of carbonyl (C=O) groups excluding carboxylic acids is 1. The zero-order valence-electron chi connectivity index (χ0n) is 17.2. The van der Waals surface area contributed by atoms with Gasteiger partial charge in [0.2, 0.25) is 0 Å². The fraction of sp³-hybridized carbons (Fsp3) is 0.125. The molecule has 0 fully saturated rings. The second-order valence-electron chi connectivity index (χ2n) is 7.00. The van der Waals surface area contributed by atoms with Gasteiger partial charge in [0, 0.05) is 12.7 Å². The molecule has 0 atom stereocenters. The average Bonchev–Trinajstić information content (AvgIpc) is 2.79. The van der Waals surface area contributed by atoms with Gasteiger partial charge < -0.3 is 19.4 Å². The molecule has 0 saturated carbocycles. The van der Waals surface area contributed by atoms with Gasteiger partial charge in [0.1, 0.15) is 17.3 Å². The number of ether oxygens (including phenoxy) is 2. The lowest BCUT2D eigenvalue weighted by molar-refractivity contribution is 0.0601. The van der Waals surface area contributed by atoms with Crippen molar-refractivity contribution in [3.8, 4) is 11.5 Å². The van der Waals surface area contributed by atoms with Gasteiger partial charge >= 0.3 is 5.97 Å². The third kappa shape index (κ3) is 4.56. The van der Waals surface area contributed by atoms with Crippen molar-refractivity contribution in [1.29, 1.82) is 0 Å². The maximum absolute atomic E-state index is 12.4. The van der Waals surface area contributed by atoms with Gasteiger partial charge in [-0.25, -0.2) is 9.78 Å². The number of nitrogens with one attached hydrogen (secondary N) is 1. The average molecular weight is 415 g/mol. The molecule has 0 unspecified atom stereocenters. The van der Waals surface area contributed by atoms with Crippen molar-refractivity contribution in [2.75, 3.05) is 19.1 Å². The summed E-state index contributed by atoms with van der Waals surface area (Å²) in [5.41, 5.74) is 1.48. The Hall–Kier alpha value is -4.13. The monoisotopic (exact) mass is 415 g/mol. The Kier molecular flexibility index (Phi) is 5.66. The molecule has 0 spiro atoms. The summed E-state index contributed by atoms with van der Waals surface area (Å²) < 4.78 is 10.6. The van der Waals surface area contributed by atoms with Gasteiger partial charge in [0.25, 0.3) is 5.56 Å². The highest BCUT2D eigenvalue weighted by Gasteiger charge is 2.11. The highest BCUT2D eigenvalue weighted by atomic mass is 16.5. The molecule has 4 aromatic rings. The SMILES string of the molecule is COC(=O)c1ccc2c(=O)[nH]c(CN(C)c3ccc(Oc4ccccc4)cc3)nc2c1. The van der Waals surface area contributed by atoms with E-state index >= 15 is 0 Å². The van der Waals surface area contributed by atoms with E-state index in [1.807, 2.05) is 66.5 Å². The fourth-order valence-electron chi connectivity index (χ4n) is 3.22. The molecule has 0 saturated heterocycles. The minimum atomic E-state index is -0.472. The summed E-state index contributed by atoms with van der Waals surface area (Å²) >= 11 is 0. The van der Waals surface area contributed by atoms with E-state index in [4.69, 9.17) is 9.47 Å². The van der Waals surface area contributed by atoms with Crippen LogP contribution in [-0.2, 0) is 11.3 Å². The number of anilines is 1. The third-order valence-electron chi connectivity index (χ3n) is 4.82. The van der Waals surface area contributed by atoms with Gasteiger partial charge in [-0.15, -0.1) is 0 Å². The summed E-state index contributed by atoms with van der Waals surface area (Å²) in [4.78, 5) is 33.5. The summed E-state index contributed by atoms with van der Waals surface area (Å²) in [6.07, 6.45) is 0. The van der Waals surface area contributed by atoms with Crippen LogP contribution < -0.4 is 15.2 Å². The molecule has 3 aromatic carbocycles. The van der Waals surface area contributed by atoms with E-state index in [0.717, 1.165) is 17.2 Å². The second-order valence-corrected chi connectivity index (χ2v) is 7.00. The Morgan fingerprint density at radius 3 is 2.42 bits per heavy atom. The minimum absolute atomic E-state index is 0.253. The second kappa shape index (κ2) is 8.71. The molecule has 7 heteroatoms. The number of benzene rings is 3. The van der Waals surface area contributed by atoms with Crippen molar-refractivity contribution < 1.29 is 14.3 Å². The lowest BCUT2D eigenvalue weighted by atomic mass is 10.1. The molecule has 4 rings (SSSR count). The molecule has 156 valence electrons. The van der Waals surface area contributed by atoms with Crippen LogP contribution in [0.3, 0.4) is 0 Å². The van der Waals surface area contributed by atoms with Crippen molar-refractivity contribution in [3.05, 3.63) is 94.5 Å². The zero-order valence-corrected chi connectivity index (χ0v) is 17.2. The Bertz CT molecular complexity index is 1270. The first-order valence-electron chi connectivity index (χ1n) is 9.69. The number of rotatable bonds is 6. The van der Waals surface area contributed by atoms with E-state index in [1.54, 1.807) is 18.2 Å². The molecule has 31 heavy (non-hydrogen) atoms. The normalized spacial score (nSPS) is 10.6. The predicted molar refractivity (Wildman–Crippen MR) is 119 cm³/mol. The highest BCUT2D eigenvalue weighted by molar-refractivity contribution is 5.93. The van der Waals surface area contributed by atoms with Crippen molar-refractivity contribution >= 4 is 22.6 Å². The van der Waals surface area contributed by atoms with Gasteiger partial charge in [0.15, 0.2) is 0 Å². The molecule has 0 aliphatic rings. The maximum atomic E-state index is 12.4. The Balaban J connectivity index is 1.52. The van der Waals surface area contributed by atoms with Crippen LogP contribution in [-0.4, -0.2) is 30.1 Å². The van der Waals surface area contributed by atoms with E-state index in [0.29, 0.717) is 28.8 Å². The van der Waals surface area contributed by atoms with E-state index in [-0.39, 0.29) is 5.56 Å². The quantitative estimate of drug-likeness (QED) is 0.477. The number of para-hydroxylation sites is 1. The number of hydrogen-bond acceptors (Lipinski definition) is 6. The lowest BCUT2D eigenvalue weighted by Crippen LogP contribution is -2.21. The number of methoxy groups -OCH3 is 1. The van der Waals surface area contributed by atoms with Crippen molar-refractivity contribution in [2.24, 2.45) is 0 Å². The van der Waals surface area contributed by atoms with E-state index in [2.05, 4.69) is 9.97 Å². The maximum Gasteiger partial charge on any atom is 0.337 e. The molecular weight excluding hydrogens is 394 g/mol. The largest absolute Gasteiger partial charge is 0.465 e. The van der Waals surface area contributed by atoms with Crippen LogP contribution in [0.15, 0.2) is 77.6 Å². The number of H-pyrrole nitrogens is 1. The van der Waals surface area contributed by atoms with E-state index in [1.165, 1.54) is 7.11 Å². The number of hydrogen-bond donors (Lipinski definition) is 1. The van der Waals surface area contributed by atoms with Crippen LogP contribution in [0.5, 0.6) is 11.5 Å². The van der Waals surface area contributed by atoms with Crippen molar-refractivity contribution in [1.82, 2.24) is 9.97 Å². The molecule has 0 bridgehead atoms. The highest BCUT2D eigenvalue weighted by Crippen LogP contribution is 2.24. The molecular formula is C24H21N3O4. The van der Waals surface area contributed by atoms with Crippen LogP contribution in [0.1, 0.15) is 16.2 Å². The molecule has 1 heterocycles. The minimum Gasteiger partial charge on any atom is -0.465 e. The zero-order chi connectivity index (χ0) is 21.8. The van der Waals surface area contributed by atoms with Crippen LogP contribution in [0, 0.1) is 0 Å². The van der Waals surface area contributed by atoms with Crippen LogP contribution in [0.4, 0.5) is 5.69 Å². The molecule has 0 aliphatic carbocycles. The number of carbonyl (C=O) groups is 1. The van der Waals surface area contributed by atoms with Crippen molar-refractivity contribution in [2.45, 2.75) is 6.54 Å². The molecule has 7 nitrogen and oxygen atoms in total. The number of aromatic amines is 1. The van der Waals surface area contributed by atoms with Crippen LogP contribution >= 0.6 is 0 Å². The molecule has 1 N–H and O–H groups in total. The molecule has 0 radical (unpaired) electrons. The van der Waals surface area contributed by atoms with Gasteiger partial charge in [-0.2, -0.15) is 0 Å². The van der Waals surface area contributed by atoms with E-state index in [9.17, 15) is 9.59 Å². The summed E-state index contributed by atoms with van der Waals surface area (Å²) in [5.74, 6) is 1.52. The topological polar surface area (TPSA) is 84.5 Å². The first-order valence-corrected chi connectivity index (χ1v) is 9.69. The van der Waals surface area contributed by atoms with Crippen molar-refractivity contribution in [3.63, 3.8) is 0 Å². The summed E-state index contributed by atoms with van der Waals surface area (Å²) in [5, 5.41) is 0.418. The van der Waals surface area contributed by atoms with Gasteiger partial charge in [-0.3, -0.25) is 4.79 Å². The van der Waals surface area contributed by atoms with Gasteiger partial charge in [-0.05, 0) is 54.6 Å². The summed E-state index contributed by atoms with van der Waals surface area (Å²) in [6, 6.07) is 21.9. The van der Waals surface area contributed by atoms with E-state index < -0.39 is 5.97 Å². The summed E-state index contributed by atoms with van der Waals surface area (Å²) in [7, 11) is 3.22. The lowest BCUT2D eigenvalue weighted by Gasteiger charge is -2.19. The standard InChI is InChI=1S/C24H21N3O4/c1-27(17-9-11-19(12-10-17)31-18-6-4-3-5-7-18)15-22-25-21-14-16(24(29)30-2)8-13-20(21)23(28)26-22/h3-14H,15H2,1-2H3,(H,25,26,28). The molecule has 0 amide bonds. The molecule has 1 aromatic heterocycles. The first-order chi connectivity index (χ1) is 15.0. The smallest absolute Gasteiger partial charge is 0.337 e. The predicted octanol–water partition coefficient (Wildman–Crippen LogP) is 4.14. The fourth-order valence-corrected chi connectivity index (χ4v) is 3.22. The number of aromatic nitrogens is 2. The molecule has 0 aliphatic heterocycles. The summed E-state index contributed by atoms with van der Waals surface area (Å²) in [6.45, 7) is 0.381. The van der Waals surface area contributed by atoms with Gasteiger partial charge in [0.05, 0.1) is 30.1 Å². The van der Waals surface area contributed by atoms with Gasteiger partial charge in [-0.1, -0.05) is 18.2 Å². The third-order valence-corrected chi connectivity index (χ3v) is 4.82. The van der Waals surface area contributed by atoms with Crippen LogP contribution in [0.25, 0.3) is 10.9 Å². The number of esters is 1. The Morgan fingerprint density at radius 1 is 1.00 bits per heavy atom. The number of fused-ring (bicyclic) bond motifs is 1. The number of nitrogens with zero attached hydrogens (tertiary/aromatic N) is 2. The first kappa shape index (κ1) is 20.2. The Morgan fingerprint density at radius 2 is 1.71 bits per heavy atom. The Labute approximate surface area is 178 Å².